The van der Waals surface area contributed by atoms with Gasteiger partial charge in [-0.15, -0.1) is 17.5 Å². The number of aromatic nitrogens is 4. The van der Waals surface area contributed by atoms with Gasteiger partial charge in [-0.05, 0) is 35.4 Å². The Bertz CT molecular complexity index is 1060. The highest BCUT2D eigenvalue weighted by Gasteiger charge is 2.13. The van der Waals surface area contributed by atoms with Crippen molar-refractivity contribution >= 4 is 23.9 Å². The van der Waals surface area contributed by atoms with Crippen molar-refractivity contribution in [2.75, 3.05) is 37.7 Å². The Labute approximate surface area is 172 Å². The third-order valence-electron chi connectivity index (χ3n) is 4.77. The number of morpholine rings is 1. The number of pyridine rings is 2. The standard InChI is InChI=1S/C19H21FN6O2.ClH/c20-10-14(11-21)13-26-19(27)25-4-3-15(9-18(25)23-26)16-1-2-17(22-12-16)24-5-7-28-8-6-24;/h1-4,9-10,12H,5-8,11,13,21H2;1H/b14-10+;. The van der Waals surface area contributed by atoms with Gasteiger partial charge in [0.05, 0.1) is 26.1 Å². The second kappa shape index (κ2) is 9.17. The van der Waals surface area contributed by atoms with E-state index in [2.05, 4.69) is 15.0 Å². The van der Waals surface area contributed by atoms with E-state index in [4.69, 9.17) is 10.5 Å². The lowest BCUT2D eigenvalue weighted by Crippen LogP contribution is -2.36. The van der Waals surface area contributed by atoms with Gasteiger partial charge in [-0.25, -0.2) is 18.9 Å². The van der Waals surface area contributed by atoms with Crippen molar-refractivity contribution in [1.82, 2.24) is 19.2 Å². The quantitative estimate of drug-likeness (QED) is 0.674. The second-order valence-corrected chi connectivity index (χ2v) is 6.56. The molecule has 4 rings (SSSR count). The predicted molar refractivity (Wildman–Crippen MR) is 111 cm³/mol. The van der Waals surface area contributed by atoms with Crippen LogP contribution in [0.3, 0.4) is 0 Å². The van der Waals surface area contributed by atoms with E-state index in [0.29, 0.717) is 30.8 Å². The highest BCUT2D eigenvalue weighted by molar-refractivity contribution is 5.85. The van der Waals surface area contributed by atoms with Crippen LogP contribution in [0.15, 0.2) is 53.4 Å². The summed E-state index contributed by atoms with van der Waals surface area (Å²) in [6, 6.07) is 7.62. The maximum Gasteiger partial charge on any atom is 0.350 e. The lowest BCUT2D eigenvalue weighted by Gasteiger charge is -2.27. The molecule has 29 heavy (non-hydrogen) atoms. The minimum atomic E-state index is -0.338. The van der Waals surface area contributed by atoms with E-state index in [0.717, 1.165) is 30.0 Å². The summed E-state index contributed by atoms with van der Waals surface area (Å²) in [6.45, 7) is 3.14. The van der Waals surface area contributed by atoms with Crippen molar-refractivity contribution in [2.24, 2.45) is 5.73 Å². The number of hydrogen-bond donors (Lipinski definition) is 1. The number of hydrogen-bond acceptors (Lipinski definition) is 6. The summed E-state index contributed by atoms with van der Waals surface area (Å²) in [7, 11) is 0. The number of nitrogens with two attached hydrogens (primary N) is 1. The lowest BCUT2D eigenvalue weighted by atomic mass is 10.1. The summed E-state index contributed by atoms with van der Waals surface area (Å²) < 4.78 is 20.8. The van der Waals surface area contributed by atoms with Crippen LogP contribution in [-0.4, -0.2) is 52.0 Å². The molecule has 0 unspecified atom stereocenters. The van der Waals surface area contributed by atoms with Gasteiger partial charge in [-0.2, -0.15) is 0 Å². The molecule has 0 bridgehead atoms. The van der Waals surface area contributed by atoms with Crippen molar-refractivity contribution in [2.45, 2.75) is 6.54 Å². The average molecular weight is 421 g/mol. The normalized spacial score (nSPS) is 14.8. The number of fused-ring (bicyclic) bond motifs is 1. The molecule has 1 aliphatic heterocycles. The van der Waals surface area contributed by atoms with Crippen LogP contribution < -0.4 is 16.3 Å². The SMILES string of the molecule is Cl.NC/C(=C\F)Cn1nc2cc(-c3ccc(N4CCOCC4)nc3)ccn2c1=O. The Balaban J connectivity index is 0.00000240. The van der Waals surface area contributed by atoms with E-state index >= 15 is 0 Å². The summed E-state index contributed by atoms with van der Waals surface area (Å²) >= 11 is 0. The zero-order valence-electron chi connectivity index (χ0n) is 15.7. The van der Waals surface area contributed by atoms with Gasteiger partial charge < -0.3 is 15.4 Å². The van der Waals surface area contributed by atoms with Crippen LogP contribution >= 0.6 is 12.4 Å². The van der Waals surface area contributed by atoms with Gasteiger partial charge in [0.15, 0.2) is 5.65 Å². The fraction of sp³-hybridized carbons (Fsp3) is 0.316. The third-order valence-corrected chi connectivity index (χ3v) is 4.77. The molecular formula is C19H22ClFN6O2. The molecule has 3 aromatic rings. The molecule has 154 valence electrons. The van der Waals surface area contributed by atoms with Crippen molar-refractivity contribution in [3.63, 3.8) is 0 Å². The largest absolute Gasteiger partial charge is 0.378 e. The van der Waals surface area contributed by atoms with E-state index in [9.17, 15) is 9.18 Å². The van der Waals surface area contributed by atoms with Crippen LogP contribution in [0.25, 0.3) is 16.8 Å². The molecular weight excluding hydrogens is 399 g/mol. The lowest BCUT2D eigenvalue weighted by molar-refractivity contribution is 0.122. The van der Waals surface area contributed by atoms with Gasteiger partial charge in [0.25, 0.3) is 0 Å². The van der Waals surface area contributed by atoms with Crippen LogP contribution in [0, 0.1) is 0 Å². The molecule has 2 N–H and O–H groups in total. The number of anilines is 1. The maximum atomic E-state index is 12.8. The van der Waals surface area contributed by atoms with E-state index in [1.807, 2.05) is 30.5 Å². The van der Waals surface area contributed by atoms with Gasteiger partial charge in [0, 0.05) is 37.6 Å². The van der Waals surface area contributed by atoms with E-state index in [1.165, 1.54) is 9.08 Å². The van der Waals surface area contributed by atoms with Crippen molar-refractivity contribution in [3.05, 3.63) is 59.0 Å². The summed E-state index contributed by atoms with van der Waals surface area (Å²) in [5, 5.41) is 4.29. The first kappa shape index (κ1) is 21.0. The summed E-state index contributed by atoms with van der Waals surface area (Å²) in [6.07, 6.45) is 3.89. The van der Waals surface area contributed by atoms with Crippen molar-refractivity contribution in [3.8, 4) is 11.1 Å². The first-order valence-corrected chi connectivity index (χ1v) is 9.06. The van der Waals surface area contributed by atoms with Gasteiger partial charge >= 0.3 is 5.69 Å². The highest BCUT2D eigenvalue weighted by atomic mass is 35.5. The fourth-order valence-electron chi connectivity index (χ4n) is 3.17. The Kier molecular flexibility index (Phi) is 6.63. The molecule has 0 saturated carbocycles. The van der Waals surface area contributed by atoms with Gasteiger partial charge in [-0.1, -0.05) is 0 Å². The van der Waals surface area contributed by atoms with Gasteiger partial charge in [0.1, 0.15) is 5.82 Å². The van der Waals surface area contributed by atoms with E-state index in [-0.39, 0.29) is 31.2 Å². The van der Waals surface area contributed by atoms with Crippen molar-refractivity contribution < 1.29 is 9.13 Å². The maximum absolute atomic E-state index is 12.8. The van der Waals surface area contributed by atoms with Gasteiger partial charge in [-0.3, -0.25) is 4.40 Å². The van der Waals surface area contributed by atoms with Crippen LogP contribution in [0.2, 0.25) is 0 Å². The summed E-state index contributed by atoms with van der Waals surface area (Å²) in [5.74, 6) is 0.918. The number of nitrogens with zero attached hydrogens (tertiary/aromatic N) is 5. The van der Waals surface area contributed by atoms with Crippen LogP contribution in [0.5, 0.6) is 0 Å². The molecule has 1 fully saturated rings. The Hall–Kier alpha value is -2.75. The predicted octanol–water partition coefficient (Wildman–Crippen LogP) is 1.63. The number of halogens is 2. The molecule has 8 nitrogen and oxygen atoms in total. The zero-order valence-corrected chi connectivity index (χ0v) is 16.5. The number of ether oxygens (including phenoxy) is 1. The van der Waals surface area contributed by atoms with Crippen LogP contribution in [-0.2, 0) is 11.3 Å². The first-order valence-electron chi connectivity index (χ1n) is 9.06. The molecule has 3 aromatic heterocycles. The highest BCUT2D eigenvalue weighted by Crippen LogP contribution is 2.22. The van der Waals surface area contributed by atoms with Crippen molar-refractivity contribution in [1.29, 1.82) is 0 Å². The second-order valence-electron chi connectivity index (χ2n) is 6.56. The molecule has 10 heteroatoms. The van der Waals surface area contributed by atoms with Gasteiger partial charge in [0.2, 0.25) is 0 Å². The summed E-state index contributed by atoms with van der Waals surface area (Å²) in [5.41, 5.74) is 7.73. The van der Waals surface area contributed by atoms with E-state index < -0.39 is 0 Å². The molecule has 1 saturated heterocycles. The zero-order chi connectivity index (χ0) is 19.5. The Morgan fingerprint density at radius 3 is 2.69 bits per heavy atom. The Morgan fingerprint density at radius 1 is 1.24 bits per heavy atom. The fourth-order valence-corrected chi connectivity index (χ4v) is 3.17. The Morgan fingerprint density at radius 2 is 2.03 bits per heavy atom. The third kappa shape index (κ3) is 4.31. The monoisotopic (exact) mass is 420 g/mol. The molecule has 4 heterocycles. The average Bonchev–Trinajstić information content (AvgIpc) is 3.07. The molecule has 1 aliphatic rings. The molecule has 0 amide bonds. The molecule has 0 spiro atoms. The topological polar surface area (TPSA) is 90.7 Å². The molecule has 0 aromatic carbocycles. The molecule has 0 aliphatic carbocycles. The first-order chi connectivity index (χ1) is 13.7. The molecule has 0 radical (unpaired) electrons. The minimum absolute atomic E-state index is 0. The molecule has 0 atom stereocenters. The van der Waals surface area contributed by atoms with E-state index in [1.54, 1.807) is 6.20 Å². The summed E-state index contributed by atoms with van der Waals surface area (Å²) in [4.78, 5) is 19.2. The minimum Gasteiger partial charge on any atom is -0.378 e. The van der Waals surface area contributed by atoms with Crippen LogP contribution in [0.1, 0.15) is 0 Å². The van der Waals surface area contributed by atoms with Crippen LogP contribution in [0.4, 0.5) is 10.2 Å². The number of rotatable bonds is 5. The smallest absolute Gasteiger partial charge is 0.350 e.